The summed E-state index contributed by atoms with van der Waals surface area (Å²) in [5, 5.41) is 0. The van der Waals surface area contributed by atoms with E-state index in [0.717, 1.165) is 19.3 Å². The van der Waals surface area contributed by atoms with Gasteiger partial charge in [-0.3, -0.25) is 4.79 Å². The van der Waals surface area contributed by atoms with Crippen LogP contribution in [0.4, 0.5) is 0 Å². The average molecular weight is 190 g/mol. The van der Waals surface area contributed by atoms with Crippen molar-refractivity contribution in [2.75, 3.05) is 0 Å². The van der Waals surface area contributed by atoms with E-state index in [4.69, 9.17) is 0 Å². The smallest absolute Gasteiger partial charge is 0.143 e. The maximum Gasteiger partial charge on any atom is 0.143 e. The van der Waals surface area contributed by atoms with Crippen LogP contribution in [0.3, 0.4) is 0 Å². The summed E-state index contributed by atoms with van der Waals surface area (Å²) in [6.45, 7) is 6.52. The fraction of sp³-hybridized carbons (Fsp3) is 0.615. The minimum atomic E-state index is -0.104. The Balaban J connectivity index is 2.37. The van der Waals surface area contributed by atoms with E-state index in [0.29, 0.717) is 5.78 Å². The summed E-state index contributed by atoms with van der Waals surface area (Å²) in [5.41, 5.74) is 1.31. The van der Waals surface area contributed by atoms with Gasteiger partial charge in [0, 0.05) is 6.42 Å². The van der Waals surface area contributed by atoms with E-state index in [1.165, 1.54) is 5.57 Å². The molecule has 0 N–H and O–H groups in total. The fourth-order valence-electron chi connectivity index (χ4n) is 2.72. The quantitative estimate of drug-likeness (QED) is 0.573. The summed E-state index contributed by atoms with van der Waals surface area (Å²) in [4.78, 5) is 11.8. The first-order valence-corrected chi connectivity index (χ1v) is 5.36. The van der Waals surface area contributed by atoms with Crippen LogP contribution in [0.2, 0.25) is 0 Å². The lowest BCUT2D eigenvalue weighted by Gasteiger charge is -2.44. The number of carbonyl (C=O) groups is 1. The molecule has 1 spiro atoms. The number of allylic oxidation sites excluding steroid dienone is 4. The van der Waals surface area contributed by atoms with Crippen LogP contribution in [0.15, 0.2) is 23.8 Å². The second-order valence-corrected chi connectivity index (χ2v) is 5.38. The Hall–Kier alpha value is -0.850. The molecule has 2 aliphatic carbocycles. The summed E-state index contributed by atoms with van der Waals surface area (Å²) >= 11 is 0. The van der Waals surface area contributed by atoms with Crippen LogP contribution in [-0.4, -0.2) is 5.78 Å². The number of ketones is 1. The predicted octanol–water partition coefficient (Wildman–Crippen LogP) is 3.27. The molecule has 0 aliphatic heterocycles. The van der Waals surface area contributed by atoms with Crippen molar-refractivity contribution < 1.29 is 4.79 Å². The van der Waals surface area contributed by atoms with E-state index < -0.39 is 0 Å². The third kappa shape index (κ3) is 1.26. The topological polar surface area (TPSA) is 17.1 Å². The zero-order valence-electron chi connectivity index (χ0n) is 9.26. The molecular weight excluding hydrogens is 172 g/mol. The highest BCUT2D eigenvalue weighted by atomic mass is 16.1. The molecule has 0 amide bonds. The maximum absolute atomic E-state index is 11.8. The summed E-state index contributed by atoms with van der Waals surface area (Å²) in [6.07, 6.45) is 9.26. The van der Waals surface area contributed by atoms with Crippen molar-refractivity contribution >= 4 is 5.78 Å². The summed E-state index contributed by atoms with van der Waals surface area (Å²) < 4.78 is 0. The molecule has 0 heterocycles. The van der Waals surface area contributed by atoms with Gasteiger partial charge in [-0.15, -0.1) is 0 Å². The molecule has 1 atom stereocenters. The number of hydrogen-bond acceptors (Lipinski definition) is 1. The van der Waals surface area contributed by atoms with Gasteiger partial charge in [0.15, 0.2) is 0 Å². The van der Waals surface area contributed by atoms with Gasteiger partial charge in [0.25, 0.3) is 0 Å². The Morgan fingerprint density at radius 2 is 2.07 bits per heavy atom. The highest BCUT2D eigenvalue weighted by Crippen LogP contribution is 2.52. The second kappa shape index (κ2) is 2.82. The van der Waals surface area contributed by atoms with Gasteiger partial charge in [0.05, 0.1) is 5.41 Å². The van der Waals surface area contributed by atoms with E-state index in [9.17, 15) is 4.79 Å². The molecular formula is C13H18O. The van der Waals surface area contributed by atoms with Crippen molar-refractivity contribution in [1.29, 1.82) is 0 Å². The van der Waals surface area contributed by atoms with Gasteiger partial charge in [-0.2, -0.15) is 0 Å². The molecule has 0 radical (unpaired) electrons. The summed E-state index contributed by atoms with van der Waals surface area (Å²) in [7, 11) is 0. The molecule has 1 fully saturated rings. The van der Waals surface area contributed by atoms with Crippen LogP contribution < -0.4 is 0 Å². The summed E-state index contributed by atoms with van der Waals surface area (Å²) in [6, 6.07) is 0. The van der Waals surface area contributed by atoms with Gasteiger partial charge in [0.1, 0.15) is 5.78 Å². The van der Waals surface area contributed by atoms with E-state index in [-0.39, 0.29) is 10.8 Å². The Morgan fingerprint density at radius 3 is 2.57 bits per heavy atom. The third-order valence-electron chi connectivity index (χ3n) is 3.72. The van der Waals surface area contributed by atoms with Gasteiger partial charge in [0.2, 0.25) is 0 Å². The third-order valence-corrected chi connectivity index (χ3v) is 3.72. The van der Waals surface area contributed by atoms with E-state index >= 15 is 0 Å². The van der Waals surface area contributed by atoms with Gasteiger partial charge in [-0.05, 0) is 25.2 Å². The first-order valence-electron chi connectivity index (χ1n) is 5.36. The predicted molar refractivity (Wildman–Crippen MR) is 58.0 cm³/mol. The number of rotatable bonds is 0. The highest BCUT2D eigenvalue weighted by molar-refractivity contribution is 5.93. The van der Waals surface area contributed by atoms with Crippen molar-refractivity contribution in [3.63, 3.8) is 0 Å². The first kappa shape index (κ1) is 9.70. The molecule has 0 bridgehead atoms. The molecule has 2 aliphatic rings. The van der Waals surface area contributed by atoms with E-state index in [1.54, 1.807) is 0 Å². The molecule has 2 rings (SSSR count). The Kier molecular flexibility index (Phi) is 1.95. The van der Waals surface area contributed by atoms with Gasteiger partial charge in [-0.25, -0.2) is 0 Å². The van der Waals surface area contributed by atoms with Crippen molar-refractivity contribution in [2.45, 2.75) is 40.0 Å². The van der Waals surface area contributed by atoms with Crippen molar-refractivity contribution in [3.05, 3.63) is 23.8 Å². The molecule has 0 aromatic carbocycles. The van der Waals surface area contributed by atoms with E-state index in [1.807, 2.05) is 0 Å². The van der Waals surface area contributed by atoms with Crippen LogP contribution >= 0.6 is 0 Å². The van der Waals surface area contributed by atoms with Crippen molar-refractivity contribution in [2.24, 2.45) is 10.8 Å². The Morgan fingerprint density at radius 1 is 1.36 bits per heavy atom. The molecule has 1 saturated carbocycles. The lowest BCUT2D eigenvalue weighted by atomic mass is 9.57. The van der Waals surface area contributed by atoms with Crippen molar-refractivity contribution in [3.8, 4) is 0 Å². The van der Waals surface area contributed by atoms with Crippen LogP contribution in [0, 0.1) is 10.8 Å². The molecule has 76 valence electrons. The van der Waals surface area contributed by atoms with E-state index in [2.05, 4.69) is 39.0 Å². The maximum atomic E-state index is 11.8. The van der Waals surface area contributed by atoms with Gasteiger partial charge >= 0.3 is 0 Å². The lowest BCUT2D eigenvalue weighted by Crippen LogP contribution is -2.44. The van der Waals surface area contributed by atoms with Gasteiger partial charge in [-0.1, -0.05) is 37.6 Å². The first-order chi connectivity index (χ1) is 6.46. The van der Waals surface area contributed by atoms with Crippen LogP contribution in [-0.2, 0) is 4.79 Å². The zero-order valence-corrected chi connectivity index (χ0v) is 9.26. The molecule has 1 nitrogen and oxygen atoms in total. The van der Waals surface area contributed by atoms with Crippen molar-refractivity contribution in [1.82, 2.24) is 0 Å². The number of hydrogen-bond donors (Lipinski definition) is 0. The minimum Gasteiger partial charge on any atom is -0.299 e. The zero-order chi connectivity index (χ0) is 10.4. The number of Topliss-reactive ketones (excluding diaryl/α,β-unsaturated/α-hetero) is 1. The molecule has 14 heavy (non-hydrogen) atoms. The molecule has 0 aromatic rings. The van der Waals surface area contributed by atoms with Crippen LogP contribution in [0.5, 0.6) is 0 Å². The standard InChI is InChI=1S/C13H18O/c1-10-5-4-7-12(2,3)9-13(10)8-6-11(13)14/h4-5,7H,6,8-9H2,1-3H3. The van der Waals surface area contributed by atoms with Gasteiger partial charge < -0.3 is 0 Å². The van der Waals surface area contributed by atoms with Crippen LogP contribution in [0.25, 0.3) is 0 Å². The molecule has 0 aromatic heterocycles. The Labute approximate surface area is 85.9 Å². The monoisotopic (exact) mass is 190 g/mol. The molecule has 1 unspecified atom stereocenters. The summed E-state index contributed by atoms with van der Waals surface area (Å²) in [5.74, 6) is 0.447. The SMILES string of the molecule is CC1=CC=CC(C)(C)CC12CCC2=O. The largest absolute Gasteiger partial charge is 0.299 e. The molecule has 1 heteroatoms. The fourth-order valence-corrected chi connectivity index (χ4v) is 2.72. The lowest BCUT2D eigenvalue weighted by molar-refractivity contribution is -0.136. The minimum absolute atomic E-state index is 0.104. The average Bonchev–Trinajstić information content (AvgIpc) is 2.22. The number of carbonyl (C=O) groups excluding carboxylic acids is 1. The highest BCUT2D eigenvalue weighted by Gasteiger charge is 2.49. The Bertz CT molecular complexity index is 333. The second-order valence-electron chi connectivity index (χ2n) is 5.38. The normalized spacial score (nSPS) is 35.1. The molecule has 0 saturated heterocycles. The van der Waals surface area contributed by atoms with Crippen LogP contribution in [0.1, 0.15) is 40.0 Å².